The Bertz CT molecular complexity index is 1050. The highest BCUT2D eigenvalue weighted by Gasteiger charge is 2.28. The monoisotopic (exact) mass is 376 g/mol. The molecule has 142 valence electrons. The largest absolute Gasteiger partial charge is 0.379 e. The van der Waals surface area contributed by atoms with Gasteiger partial charge in [-0.3, -0.25) is 4.79 Å². The lowest BCUT2D eigenvalue weighted by Gasteiger charge is -2.38. The van der Waals surface area contributed by atoms with E-state index in [1.165, 1.54) is 0 Å². The van der Waals surface area contributed by atoms with E-state index in [9.17, 15) is 4.79 Å². The predicted octanol–water partition coefficient (Wildman–Crippen LogP) is 1.65. The number of aromatic amines is 1. The third kappa shape index (κ3) is 3.20. The zero-order chi connectivity index (χ0) is 19.7. The van der Waals surface area contributed by atoms with E-state index in [0.717, 1.165) is 30.7 Å². The number of pyridine rings is 1. The van der Waals surface area contributed by atoms with Crippen LogP contribution in [0.25, 0.3) is 11.0 Å². The van der Waals surface area contributed by atoms with Crippen molar-refractivity contribution >= 4 is 28.4 Å². The highest BCUT2D eigenvalue weighted by atomic mass is 16.1. The van der Waals surface area contributed by atoms with Crippen LogP contribution in [0.15, 0.2) is 30.6 Å². The van der Waals surface area contributed by atoms with Gasteiger partial charge in [-0.1, -0.05) is 6.92 Å². The maximum atomic E-state index is 11.8. The molecule has 2 unspecified atom stereocenters. The van der Waals surface area contributed by atoms with Crippen molar-refractivity contribution in [2.75, 3.05) is 23.3 Å². The van der Waals surface area contributed by atoms with Crippen LogP contribution >= 0.6 is 0 Å². The van der Waals surface area contributed by atoms with E-state index in [-0.39, 0.29) is 17.7 Å². The van der Waals surface area contributed by atoms with Crippen molar-refractivity contribution in [1.29, 1.82) is 5.26 Å². The number of hydrogen-bond donors (Lipinski definition) is 3. The van der Waals surface area contributed by atoms with Gasteiger partial charge in [-0.25, -0.2) is 4.98 Å². The zero-order valence-electron chi connectivity index (χ0n) is 15.4. The Labute approximate surface area is 161 Å². The van der Waals surface area contributed by atoms with Crippen molar-refractivity contribution in [3.05, 3.63) is 41.9 Å². The van der Waals surface area contributed by atoms with Crippen molar-refractivity contribution in [1.82, 2.24) is 20.2 Å². The third-order valence-electron chi connectivity index (χ3n) is 5.15. The molecule has 0 aliphatic carbocycles. The van der Waals surface area contributed by atoms with E-state index >= 15 is 0 Å². The fourth-order valence-electron chi connectivity index (χ4n) is 3.63. The van der Waals surface area contributed by atoms with Gasteiger partial charge in [0, 0.05) is 36.9 Å². The molecule has 4 heterocycles. The van der Waals surface area contributed by atoms with Crippen molar-refractivity contribution in [2.45, 2.75) is 19.4 Å². The van der Waals surface area contributed by atoms with Gasteiger partial charge in [0.1, 0.15) is 11.9 Å². The van der Waals surface area contributed by atoms with Gasteiger partial charge >= 0.3 is 0 Å². The number of amides is 1. The van der Waals surface area contributed by atoms with Crippen LogP contribution in [0.5, 0.6) is 0 Å². The molecule has 0 saturated carbocycles. The van der Waals surface area contributed by atoms with Gasteiger partial charge in [-0.05, 0) is 30.5 Å². The van der Waals surface area contributed by atoms with Gasteiger partial charge in [0.05, 0.1) is 11.3 Å². The first kappa shape index (κ1) is 17.7. The summed E-state index contributed by atoms with van der Waals surface area (Å²) in [6.07, 6.45) is 4.21. The molecule has 3 aromatic rings. The van der Waals surface area contributed by atoms with E-state index in [1.54, 1.807) is 18.5 Å². The summed E-state index contributed by atoms with van der Waals surface area (Å²) in [6.45, 7) is 3.76. The highest BCUT2D eigenvalue weighted by molar-refractivity contribution is 6.04. The van der Waals surface area contributed by atoms with Gasteiger partial charge < -0.3 is 20.9 Å². The average molecular weight is 376 g/mol. The van der Waals surface area contributed by atoms with Crippen LogP contribution in [-0.2, 0) is 0 Å². The first-order valence-corrected chi connectivity index (χ1v) is 9.08. The number of anilines is 2. The number of nitriles is 1. The molecule has 3 aromatic heterocycles. The molecule has 0 bridgehead atoms. The van der Waals surface area contributed by atoms with Gasteiger partial charge in [-0.15, -0.1) is 10.2 Å². The summed E-state index contributed by atoms with van der Waals surface area (Å²) in [5.74, 6) is 0.541. The Hall–Kier alpha value is -3.67. The van der Waals surface area contributed by atoms with Crippen LogP contribution in [0.3, 0.4) is 0 Å². The third-order valence-corrected chi connectivity index (χ3v) is 5.15. The smallest absolute Gasteiger partial charge is 0.271 e. The van der Waals surface area contributed by atoms with Crippen LogP contribution in [0.4, 0.5) is 11.5 Å². The van der Waals surface area contributed by atoms with E-state index in [0.29, 0.717) is 16.9 Å². The Morgan fingerprint density at radius 3 is 2.93 bits per heavy atom. The van der Waals surface area contributed by atoms with Crippen LogP contribution in [0.2, 0.25) is 0 Å². The maximum absolute atomic E-state index is 11.8. The number of hydrogen-bond acceptors (Lipinski definition) is 7. The Kier molecular flexibility index (Phi) is 4.53. The zero-order valence-corrected chi connectivity index (χ0v) is 15.4. The Balaban J connectivity index is 1.54. The summed E-state index contributed by atoms with van der Waals surface area (Å²) in [6, 6.07) is 7.75. The van der Waals surface area contributed by atoms with Crippen LogP contribution in [-0.4, -0.2) is 45.2 Å². The number of fused-ring (bicyclic) bond motifs is 1. The lowest BCUT2D eigenvalue weighted by molar-refractivity contribution is 0.0995. The molecule has 0 radical (unpaired) electrons. The average Bonchev–Trinajstić information content (AvgIpc) is 3.18. The Morgan fingerprint density at radius 1 is 1.39 bits per heavy atom. The molecule has 4 N–H and O–H groups in total. The first-order chi connectivity index (χ1) is 13.6. The molecule has 9 nitrogen and oxygen atoms in total. The second-order valence-corrected chi connectivity index (χ2v) is 7.01. The number of rotatable bonds is 4. The van der Waals surface area contributed by atoms with Crippen molar-refractivity contribution in [3.8, 4) is 6.07 Å². The molecule has 1 saturated heterocycles. The van der Waals surface area contributed by atoms with Crippen LogP contribution in [0, 0.1) is 17.2 Å². The topological polar surface area (TPSA) is 137 Å². The van der Waals surface area contributed by atoms with Gasteiger partial charge in [0.15, 0.2) is 11.3 Å². The summed E-state index contributed by atoms with van der Waals surface area (Å²) in [5.41, 5.74) is 7.44. The number of primary amides is 1. The van der Waals surface area contributed by atoms with E-state index in [2.05, 4.69) is 43.4 Å². The molecule has 2 atom stereocenters. The SMILES string of the molecule is CC1CN(c2ccc(C#N)cn2)CCC1Nc1c(C(N)=O)nnc2[nH]ccc12. The van der Waals surface area contributed by atoms with Crippen molar-refractivity contribution in [2.24, 2.45) is 11.7 Å². The number of nitrogens with two attached hydrogens (primary N) is 1. The number of carbonyl (C=O) groups excluding carboxylic acids is 1. The molecule has 9 heteroatoms. The quantitative estimate of drug-likeness (QED) is 0.629. The maximum Gasteiger partial charge on any atom is 0.271 e. The lowest BCUT2D eigenvalue weighted by atomic mass is 9.93. The predicted molar refractivity (Wildman–Crippen MR) is 105 cm³/mol. The molecule has 1 fully saturated rings. The minimum absolute atomic E-state index is 0.148. The summed E-state index contributed by atoms with van der Waals surface area (Å²) in [7, 11) is 0. The number of piperidine rings is 1. The van der Waals surface area contributed by atoms with Gasteiger partial charge in [-0.2, -0.15) is 5.26 Å². The minimum Gasteiger partial charge on any atom is -0.379 e. The molecule has 28 heavy (non-hydrogen) atoms. The highest BCUT2D eigenvalue weighted by Crippen LogP contribution is 2.29. The lowest BCUT2D eigenvalue weighted by Crippen LogP contribution is -2.45. The summed E-state index contributed by atoms with van der Waals surface area (Å²) < 4.78 is 0. The summed E-state index contributed by atoms with van der Waals surface area (Å²) >= 11 is 0. The molecular weight excluding hydrogens is 356 g/mol. The summed E-state index contributed by atoms with van der Waals surface area (Å²) in [4.78, 5) is 21.4. The minimum atomic E-state index is -0.607. The fourth-order valence-corrected chi connectivity index (χ4v) is 3.63. The van der Waals surface area contributed by atoms with Gasteiger partial charge in [0.2, 0.25) is 0 Å². The standard InChI is InChI=1S/C19H20N8O/c1-11-10-27(15-3-2-12(8-20)9-23-15)7-5-14(11)24-16-13-4-6-22-19(13)26-25-17(16)18(21)28/h2-4,6,9,11,14H,5,7,10H2,1H3,(H2,21,28)(H2,22,24,26). The molecule has 1 aliphatic heterocycles. The number of nitrogens with one attached hydrogen (secondary N) is 2. The molecule has 0 spiro atoms. The van der Waals surface area contributed by atoms with Crippen molar-refractivity contribution in [3.63, 3.8) is 0 Å². The van der Waals surface area contributed by atoms with Gasteiger partial charge in [0.25, 0.3) is 5.91 Å². The van der Waals surface area contributed by atoms with E-state index in [1.807, 2.05) is 12.1 Å². The van der Waals surface area contributed by atoms with E-state index in [4.69, 9.17) is 11.0 Å². The summed E-state index contributed by atoms with van der Waals surface area (Å²) in [5, 5.41) is 21.2. The second-order valence-electron chi connectivity index (χ2n) is 7.01. The molecule has 0 aromatic carbocycles. The van der Waals surface area contributed by atoms with E-state index < -0.39 is 5.91 Å². The normalized spacial score (nSPS) is 19.4. The number of nitrogens with zero attached hydrogens (tertiary/aromatic N) is 5. The second kappa shape index (κ2) is 7.15. The molecule has 1 aliphatic rings. The van der Waals surface area contributed by atoms with Crippen LogP contribution in [0.1, 0.15) is 29.4 Å². The van der Waals surface area contributed by atoms with Crippen molar-refractivity contribution < 1.29 is 4.79 Å². The fraction of sp³-hybridized carbons (Fsp3) is 0.316. The number of carbonyl (C=O) groups is 1. The number of H-pyrrole nitrogens is 1. The van der Waals surface area contributed by atoms with Crippen LogP contribution < -0.4 is 16.0 Å². The Morgan fingerprint density at radius 2 is 2.25 bits per heavy atom. The first-order valence-electron chi connectivity index (χ1n) is 9.08. The number of aromatic nitrogens is 4. The molecule has 1 amide bonds. The molecular formula is C19H20N8O. The molecule has 4 rings (SSSR count).